The van der Waals surface area contributed by atoms with Crippen molar-refractivity contribution < 1.29 is 9.59 Å². The fraction of sp³-hybridized carbons (Fsp3) is 0.500. The lowest BCUT2D eigenvalue weighted by Gasteiger charge is -2.26. The Morgan fingerprint density at radius 2 is 1.95 bits per heavy atom. The van der Waals surface area contributed by atoms with E-state index < -0.39 is 5.41 Å². The van der Waals surface area contributed by atoms with Gasteiger partial charge in [0.05, 0.1) is 5.41 Å². The van der Waals surface area contributed by atoms with E-state index in [1.54, 1.807) is 11.9 Å². The number of carbonyl (C=O) groups excluding carboxylic acids is 2. The SMILES string of the molecule is CCC(C)(CN)C(=O)Nc1ccccc1CN(C)C(C)=O. The van der Waals surface area contributed by atoms with Gasteiger partial charge in [-0.2, -0.15) is 0 Å². The molecule has 116 valence electrons. The normalized spacial score (nSPS) is 13.4. The van der Waals surface area contributed by atoms with Gasteiger partial charge in [0.25, 0.3) is 0 Å². The van der Waals surface area contributed by atoms with Crippen LogP contribution in [0.3, 0.4) is 0 Å². The molecule has 0 radical (unpaired) electrons. The lowest BCUT2D eigenvalue weighted by atomic mass is 9.86. The van der Waals surface area contributed by atoms with Gasteiger partial charge in [-0.15, -0.1) is 0 Å². The third-order valence-corrected chi connectivity index (χ3v) is 3.99. The Bertz CT molecular complexity index is 510. The summed E-state index contributed by atoms with van der Waals surface area (Å²) in [6.07, 6.45) is 0.671. The summed E-state index contributed by atoms with van der Waals surface area (Å²) in [5.41, 5.74) is 6.76. The maximum absolute atomic E-state index is 12.4. The van der Waals surface area contributed by atoms with Gasteiger partial charge in [-0.1, -0.05) is 25.1 Å². The summed E-state index contributed by atoms with van der Waals surface area (Å²) >= 11 is 0. The number of benzene rings is 1. The minimum absolute atomic E-state index is 0.0171. The molecule has 21 heavy (non-hydrogen) atoms. The summed E-state index contributed by atoms with van der Waals surface area (Å²) in [6.45, 7) is 6.07. The zero-order valence-electron chi connectivity index (χ0n) is 13.3. The van der Waals surface area contributed by atoms with E-state index in [9.17, 15) is 9.59 Å². The van der Waals surface area contributed by atoms with E-state index in [4.69, 9.17) is 5.73 Å². The number of nitrogens with one attached hydrogen (secondary N) is 1. The second-order valence-electron chi connectivity index (χ2n) is 5.60. The molecule has 0 saturated heterocycles. The molecule has 0 spiro atoms. The second-order valence-corrected chi connectivity index (χ2v) is 5.60. The molecular formula is C16H25N3O2. The molecule has 0 fully saturated rings. The Morgan fingerprint density at radius 3 is 2.48 bits per heavy atom. The summed E-state index contributed by atoms with van der Waals surface area (Å²) in [7, 11) is 1.73. The van der Waals surface area contributed by atoms with Crippen molar-refractivity contribution in [1.82, 2.24) is 4.90 Å². The van der Waals surface area contributed by atoms with E-state index in [2.05, 4.69) is 5.32 Å². The fourth-order valence-corrected chi connectivity index (χ4v) is 1.82. The van der Waals surface area contributed by atoms with Crippen LogP contribution in [0.15, 0.2) is 24.3 Å². The molecule has 0 aliphatic heterocycles. The smallest absolute Gasteiger partial charge is 0.231 e. The zero-order valence-corrected chi connectivity index (χ0v) is 13.3. The number of para-hydroxylation sites is 1. The molecule has 1 rings (SSSR count). The lowest BCUT2D eigenvalue weighted by Crippen LogP contribution is -2.39. The Balaban J connectivity index is 2.94. The summed E-state index contributed by atoms with van der Waals surface area (Å²) < 4.78 is 0. The Morgan fingerprint density at radius 1 is 1.33 bits per heavy atom. The highest BCUT2D eigenvalue weighted by Crippen LogP contribution is 2.24. The van der Waals surface area contributed by atoms with Crippen molar-refractivity contribution in [2.24, 2.45) is 11.1 Å². The molecule has 0 bridgehead atoms. The number of hydrogen-bond donors (Lipinski definition) is 2. The molecule has 0 aromatic heterocycles. The first kappa shape index (κ1) is 17.2. The largest absolute Gasteiger partial charge is 0.342 e. The van der Waals surface area contributed by atoms with E-state index in [1.165, 1.54) is 6.92 Å². The molecule has 0 aliphatic rings. The second kappa shape index (κ2) is 7.22. The molecule has 1 aromatic carbocycles. The van der Waals surface area contributed by atoms with Gasteiger partial charge < -0.3 is 16.0 Å². The molecule has 0 aliphatic carbocycles. The zero-order chi connectivity index (χ0) is 16.0. The fourth-order valence-electron chi connectivity index (χ4n) is 1.82. The van der Waals surface area contributed by atoms with Gasteiger partial charge in [-0.25, -0.2) is 0 Å². The van der Waals surface area contributed by atoms with Crippen LogP contribution in [0.5, 0.6) is 0 Å². The molecular weight excluding hydrogens is 266 g/mol. The van der Waals surface area contributed by atoms with Crippen LogP contribution >= 0.6 is 0 Å². The van der Waals surface area contributed by atoms with Crippen molar-refractivity contribution in [2.45, 2.75) is 33.7 Å². The van der Waals surface area contributed by atoms with Gasteiger partial charge in [-0.3, -0.25) is 9.59 Å². The number of carbonyl (C=O) groups is 2. The highest BCUT2D eigenvalue weighted by atomic mass is 16.2. The molecule has 1 aromatic rings. The van der Waals surface area contributed by atoms with Crippen molar-refractivity contribution in [3.8, 4) is 0 Å². The summed E-state index contributed by atoms with van der Waals surface area (Å²) in [6, 6.07) is 7.49. The van der Waals surface area contributed by atoms with Gasteiger partial charge in [0.1, 0.15) is 0 Å². The number of rotatable bonds is 6. The third-order valence-electron chi connectivity index (χ3n) is 3.99. The Kier molecular flexibility index (Phi) is 5.90. The number of hydrogen-bond acceptors (Lipinski definition) is 3. The highest BCUT2D eigenvalue weighted by Gasteiger charge is 2.30. The van der Waals surface area contributed by atoms with Crippen LogP contribution in [0.4, 0.5) is 5.69 Å². The summed E-state index contributed by atoms with van der Waals surface area (Å²) in [4.78, 5) is 25.4. The van der Waals surface area contributed by atoms with Gasteiger partial charge in [0, 0.05) is 32.7 Å². The quantitative estimate of drug-likeness (QED) is 0.841. The van der Waals surface area contributed by atoms with Crippen molar-refractivity contribution in [2.75, 3.05) is 18.9 Å². The van der Waals surface area contributed by atoms with Crippen LogP contribution in [-0.4, -0.2) is 30.3 Å². The van der Waals surface area contributed by atoms with Gasteiger partial charge in [-0.05, 0) is 25.0 Å². The van der Waals surface area contributed by atoms with Gasteiger partial charge in [0.15, 0.2) is 0 Å². The molecule has 0 saturated carbocycles. The topological polar surface area (TPSA) is 75.4 Å². The number of anilines is 1. The first-order valence-electron chi connectivity index (χ1n) is 7.15. The molecule has 2 amide bonds. The average molecular weight is 291 g/mol. The van der Waals surface area contributed by atoms with Crippen LogP contribution in [0.1, 0.15) is 32.8 Å². The van der Waals surface area contributed by atoms with Crippen molar-refractivity contribution in [3.63, 3.8) is 0 Å². The Hall–Kier alpha value is -1.88. The van der Waals surface area contributed by atoms with Crippen molar-refractivity contribution in [3.05, 3.63) is 29.8 Å². The molecule has 5 nitrogen and oxygen atoms in total. The molecule has 3 N–H and O–H groups in total. The van der Waals surface area contributed by atoms with E-state index in [0.29, 0.717) is 19.5 Å². The minimum atomic E-state index is -0.584. The highest BCUT2D eigenvalue weighted by molar-refractivity contribution is 5.95. The van der Waals surface area contributed by atoms with E-state index in [1.807, 2.05) is 38.1 Å². The average Bonchev–Trinajstić information content (AvgIpc) is 2.48. The van der Waals surface area contributed by atoms with Crippen LogP contribution in [-0.2, 0) is 16.1 Å². The van der Waals surface area contributed by atoms with Crippen LogP contribution in [0.2, 0.25) is 0 Å². The first-order valence-corrected chi connectivity index (χ1v) is 7.15. The predicted octanol–water partition coefficient (Wildman–Crippen LogP) is 1.98. The standard InChI is InChI=1S/C16H25N3O2/c1-5-16(3,11-17)15(21)18-14-9-7-6-8-13(14)10-19(4)12(2)20/h6-9H,5,10-11,17H2,1-4H3,(H,18,21). The summed E-state index contributed by atoms with van der Waals surface area (Å²) in [5, 5.41) is 2.94. The number of nitrogens with two attached hydrogens (primary N) is 1. The lowest BCUT2D eigenvalue weighted by molar-refractivity contribution is -0.128. The van der Waals surface area contributed by atoms with Gasteiger partial charge >= 0.3 is 0 Å². The maximum Gasteiger partial charge on any atom is 0.231 e. The molecule has 0 heterocycles. The molecule has 1 atom stereocenters. The van der Waals surface area contributed by atoms with Crippen LogP contribution in [0.25, 0.3) is 0 Å². The summed E-state index contributed by atoms with van der Waals surface area (Å²) in [5.74, 6) is -0.109. The van der Waals surface area contributed by atoms with Crippen molar-refractivity contribution in [1.29, 1.82) is 0 Å². The molecule has 1 unspecified atom stereocenters. The number of nitrogens with zero attached hydrogens (tertiary/aromatic N) is 1. The maximum atomic E-state index is 12.4. The van der Waals surface area contributed by atoms with E-state index in [-0.39, 0.29) is 11.8 Å². The Labute approximate surface area is 126 Å². The van der Waals surface area contributed by atoms with Crippen molar-refractivity contribution >= 4 is 17.5 Å². The molecule has 5 heteroatoms. The minimum Gasteiger partial charge on any atom is -0.342 e. The van der Waals surface area contributed by atoms with Gasteiger partial charge in [0.2, 0.25) is 11.8 Å². The predicted molar refractivity (Wildman–Crippen MR) is 84.7 cm³/mol. The number of amides is 2. The van der Waals surface area contributed by atoms with Crippen LogP contribution < -0.4 is 11.1 Å². The van der Waals surface area contributed by atoms with Crippen LogP contribution in [0, 0.1) is 5.41 Å². The monoisotopic (exact) mass is 291 g/mol. The first-order chi connectivity index (χ1) is 9.84. The van der Waals surface area contributed by atoms with E-state index in [0.717, 1.165) is 11.3 Å². The van der Waals surface area contributed by atoms with E-state index >= 15 is 0 Å². The third kappa shape index (κ3) is 4.29.